The summed E-state index contributed by atoms with van der Waals surface area (Å²) in [5.41, 5.74) is 1.50. The molecule has 0 saturated carbocycles. The smallest absolute Gasteiger partial charge is 0.269 e. The van der Waals surface area contributed by atoms with Crippen LogP contribution in [0.15, 0.2) is 47.5 Å². The van der Waals surface area contributed by atoms with E-state index in [2.05, 4.69) is 4.99 Å². The van der Waals surface area contributed by atoms with E-state index in [9.17, 15) is 10.1 Å². The molecule has 0 heterocycles. The highest BCUT2D eigenvalue weighted by Crippen LogP contribution is 2.26. The van der Waals surface area contributed by atoms with Crippen molar-refractivity contribution >= 4 is 29.2 Å². The molecule has 0 N–H and O–H groups in total. The van der Waals surface area contributed by atoms with Crippen LogP contribution >= 0.6 is 11.6 Å². The molecule has 1 atom stereocenters. The lowest BCUT2D eigenvalue weighted by molar-refractivity contribution is -0.384. The Morgan fingerprint density at radius 3 is 2.57 bits per heavy atom. The van der Waals surface area contributed by atoms with Gasteiger partial charge in [0.2, 0.25) is 0 Å². The summed E-state index contributed by atoms with van der Waals surface area (Å²) in [6.45, 7) is 4.03. The van der Waals surface area contributed by atoms with Crippen molar-refractivity contribution < 1.29 is 9.66 Å². The van der Waals surface area contributed by atoms with E-state index in [1.54, 1.807) is 24.4 Å². The zero-order chi connectivity index (χ0) is 16.8. The number of hydrogen-bond donors (Lipinski definition) is 0. The molecule has 6 heteroatoms. The van der Waals surface area contributed by atoms with E-state index in [4.69, 9.17) is 16.3 Å². The molecule has 0 fully saturated rings. The lowest BCUT2D eigenvalue weighted by atomic mass is 10.2. The molecule has 0 spiro atoms. The van der Waals surface area contributed by atoms with Gasteiger partial charge in [-0.2, -0.15) is 0 Å². The van der Waals surface area contributed by atoms with Gasteiger partial charge in [-0.05, 0) is 49.2 Å². The second-order valence-electron chi connectivity index (χ2n) is 5.06. The number of nitro benzene ring substituents is 1. The van der Waals surface area contributed by atoms with Crippen molar-refractivity contribution in [1.29, 1.82) is 0 Å². The Morgan fingerprint density at radius 1 is 1.30 bits per heavy atom. The van der Waals surface area contributed by atoms with Gasteiger partial charge in [0, 0.05) is 18.3 Å². The van der Waals surface area contributed by atoms with Crippen molar-refractivity contribution in [3.8, 4) is 5.75 Å². The molecule has 2 rings (SSSR count). The minimum atomic E-state index is -0.441. The summed E-state index contributed by atoms with van der Waals surface area (Å²) < 4.78 is 5.71. The van der Waals surface area contributed by atoms with Gasteiger partial charge in [-0.1, -0.05) is 18.5 Å². The molecular formula is C17H17ClN2O3. The Bertz CT molecular complexity index is 714. The first-order valence-corrected chi connectivity index (χ1v) is 7.62. The van der Waals surface area contributed by atoms with Crippen molar-refractivity contribution in [3.05, 3.63) is 63.2 Å². The van der Waals surface area contributed by atoms with Crippen LogP contribution in [-0.2, 0) is 0 Å². The first-order valence-electron chi connectivity index (χ1n) is 7.24. The van der Waals surface area contributed by atoms with Crippen molar-refractivity contribution in [2.45, 2.75) is 26.4 Å². The first-order chi connectivity index (χ1) is 11.0. The summed E-state index contributed by atoms with van der Waals surface area (Å²) in [5.74, 6) is 0.647. The van der Waals surface area contributed by atoms with Gasteiger partial charge in [0.05, 0.1) is 21.7 Å². The number of rotatable bonds is 6. The number of hydrogen-bond acceptors (Lipinski definition) is 4. The fraction of sp³-hybridized carbons (Fsp3) is 0.235. The van der Waals surface area contributed by atoms with E-state index in [1.807, 2.05) is 26.0 Å². The van der Waals surface area contributed by atoms with Crippen LogP contribution in [0.2, 0.25) is 5.02 Å². The van der Waals surface area contributed by atoms with Gasteiger partial charge < -0.3 is 4.74 Å². The fourth-order valence-electron chi connectivity index (χ4n) is 1.80. The topological polar surface area (TPSA) is 64.7 Å². The molecule has 0 aliphatic heterocycles. The van der Waals surface area contributed by atoms with E-state index >= 15 is 0 Å². The third-order valence-electron chi connectivity index (χ3n) is 3.28. The largest absolute Gasteiger partial charge is 0.489 e. The monoisotopic (exact) mass is 332 g/mol. The molecule has 23 heavy (non-hydrogen) atoms. The minimum absolute atomic E-state index is 0.0403. The molecule has 5 nitrogen and oxygen atoms in total. The number of benzene rings is 2. The minimum Gasteiger partial charge on any atom is -0.489 e. The predicted octanol–water partition coefficient (Wildman–Crippen LogP) is 5.18. The SMILES string of the molecule is CC[C@H](C)Oc1ccc(C=Nc2ccc([N+](=O)[O-])cc2)cc1Cl. The zero-order valence-corrected chi connectivity index (χ0v) is 13.7. The van der Waals surface area contributed by atoms with Crippen LogP contribution in [0, 0.1) is 10.1 Å². The summed E-state index contributed by atoms with van der Waals surface area (Å²) in [5, 5.41) is 11.1. The number of ether oxygens (including phenoxy) is 1. The summed E-state index contributed by atoms with van der Waals surface area (Å²) in [6.07, 6.45) is 2.66. The standard InChI is InChI=1S/C17H17ClN2O3/c1-3-12(2)23-17-9-4-13(10-16(17)18)11-19-14-5-7-15(8-6-14)20(21)22/h4-12H,3H2,1-2H3/t12-/m0/s1. The van der Waals surface area contributed by atoms with Gasteiger partial charge in [-0.3, -0.25) is 15.1 Å². The third kappa shape index (κ3) is 4.79. The van der Waals surface area contributed by atoms with Gasteiger partial charge in [0.25, 0.3) is 5.69 Å². The Labute approximate surface area is 139 Å². The number of nitro groups is 1. The van der Waals surface area contributed by atoms with Gasteiger partial charge in [0.15, 0.2) is 0 Å². The molecule has 0 amide bonds. The van der Waals surface area contributed by atoms with E-state index in [-0.39, 0.29) is 11.8 Å². The van der Waals surface area contributed by atoms with Crippen LogP contribution in [0.5, 0.6) is 5.75 Å². The number of nitrogens with zero attached hydrogens (tertiary/aromatic N) is 2. The molecule has 120 valence electrons. The predicted molar refractivity (Wildman–Crippen MR) is 92.2 cm³/mol. The van der Waals surface area contributed by atoms with Crippen LogP contribution in [0.25, 0.3) is 0 Å². The summed E-state index contributed by atoms with van der Waals surface area (Å²) >= 11 is 6.21. The van der Waals surface area contributed by atoms with Gasteiger partial charge in [-0.25, -0.2) is 0 Å². The van der Waals surface area contributed by atoms with Crippen molar-refractivity contribution in [3.63, 3.8) is 0 Å². The van der Waals surface area contributed by atoms with Crippen LogP contribution in [0.1, 0.15) is 25.8 Å². The van der Waals surface area contributed by atoms with Crippen LogP contribution in [0.4, 0.5) is 11.4 Å². The van der Waals surface area contributed by atoms with E-state index in [0.717, 1.165) is 12.0 Å². The molecule has 0 aliphatic carbocycles. The molecule has 0 saturated heterocycles. The van der Waals surface area contributed by atoms with Gasteiger partial charge in [0.1, 0.15) is 5.75 Å². The second-order valence-corrected chi connectivity index (χ2v) is 5.47. The fourth-order valence-corrected chi connectivity index (χ4v) is 2.04. The Balaban J connectivity index is 2.10. The molecule has 0 radical (unpaired) electrons. The zero-order valence-electron chi connectivity index (χ0n) is 12.9. The molecule has 2 aromatic rings. The quantitative estimate of drug-likeness (QED) is 0.416. The van der Waals surface area contributed by atoms with Crippen molar-refractivity contribution in [2.24, 2.45) is 4.99 Å². The Morgan fingerprint density at radius 2 is 2.00 bits per heavy atom. The average molecular weight is 333 g/mol. The highest BCUT2D eigenvalue weighted by molar-refractivity contribution is 6.32. The third-order valence-corrected chi connectivity index (χ3v) is 3.58. The lowest BCUT2D eigenvalue weighted by Crippen LogP contribution is -2.09. The summed E-state index contributed by atoms with van der Waals surface area (Å²) in [6, 6.07) is 11.5. The number of halogens is 1. The lowest BCUT2D eigenvalue weighted by Gasteiger charge is -2.13. The van der Waals surface area contributed by atoms with Crippen LogP contribution in [0.3, 0.4) is 0 Å². The van der Waals surface area contributed by atoms with E-state index < -0.39 is 4.92 Å². The number of aliphatic imine (C=N–C) groups is 1. The van der Waals surface area contributed by atoms with E-state index in [0.29, 0.717) is 16.5 Å². The maximum Gasteiger partial charge on any atom is 0.269 e. The maximum absolute atomic E-state index is 10.6. The average Bonchev–Trinajstić information content (AvgIpc) is 2.55. The molecule has 2 aromatic carbocycles. The molecular weight excluding hydrogens is 316 g/mol. The van der Waals surface area contributed by atoms with Crippen molar-refractivity contribution in [1.82, 2.24) is 0 Å². The normalized spacial score (nSPS) is 12.3. The Kier molecular flexibility index (Phi) is 5.71. The van der Waals surface area contributed by atoms with Gasteiger partial charge >= 0.3 is 0 Å². The highest BCUT2D eigenvalue weighted by Gasteiger charge is 2.06. The van der Waals surface area contributed by atoms with Crippen molar-refractivity contribution in [2.75, 3.05) is 0 Å². The van der Waals surface area contributed by atoms with E-state index in [1.165, 1.54) is 12.1 Å². The first kappa shape index (κ1) is 17.0. The van der Waals surface area contributed by atoms with Crippen LogP contribution in [-0.4, -0.2) is 17.2 Å². The number of non-ortho nitro benzene ring substituents is 1. The molecule has 0 unspecified atom stereocenters. The molecule has 0 bridgehead atoms. The maximum atomic E-state index is 10.6. The Hall–Kier alpha value is -2.40. The highest BCUT2D eigenvalue weighted by atomic mass is 35.5. The molecule has 0 aromatic heterocycles. The van der Waals surface area contributed by atoms with Crippen LogP contribution < -0.4 is 4.74 Å². The van der Waals surface area contributed by atoms with Gasteiger partial charge in [-0.15, -0.1) is 0 Å². The summed E-state index contributed by atoms with van der Waals surface area (Å²) in [4.78, 5) is 14.4. The molecule has 0 aliphatic rings. The summed E-state index contributed by atoms with van der Waals surface area (Å²) in [7, 11) is 0. The second kappa shape index (κ2) is 7.74.